The van der Waals surface area contributed by atoms with Crippen LogP contribution in [0.4, 0.5) is 24.5 Å². The number of nitrogen functional groups attached to an aromatic ring is 1. The predicted octanol–water partition coefficient (Wildman–Crippen LogP) is 2.62. The number of hydrogen-bond acceptors (Lipinski definition) is 4. The molecule has 0 saturated heterocycles. The maximum Gasteiger partial charge on any atom is 0.416 e. The number of nitrogens with one attached hydrogen (secondary N) is 1. The third kappa shape index (κ3) is 2.71. The molecule has 0 atom stereocenters. The number of amides is 1. The molecule has 0 fully saturated rings. The number of sulfone groups is 1. The molecule has 0 saturated carbocycles. The Morgan fingerprint density at radius 2 is 1.79 bits per heavy atom. The van der Waals surface area contributed by atoms with Gasteiger partial charge >= 0.3 is 6.18 Å². The number of alkyl halides is 3. The zero-order valence-electron chi connectivity index (χ0n) is 12.0. The highest BCUT2D eigenvalue weighted by atomic mass is 32.2. The Kier molecular flexibility index (Phi) is 3.56. The Labute approximate surface area is 135 Å². The lowest BCUT2D eigenvalue weighted by Crippen LogP contribution is -2.10. The fourth-order valence-corrected chi connectivity index (χ4v) is 3.90. The van der Waals surface area contributed by atoms with Crippen molar-refractivity contribution >= 4 is 27.1 Å². The number of rotatable bonds is 2. The van der Waals surface area contributed by atoms with Gasteiger partial charge in [0.15, 0.2) is 0 Å². The largest absolute Gasteiger partial charge is 0.416 e. The molecule has 3 rings (SSSR count). The van der Waals surface area contributed by atoms with E-state index in [-0.39, 0.29) is 22.9 Å². The minimum Gasteiger partial charge on any atom is -0.398 e. The predicted molar refractivity (Wildman–Crippen MR) is 80.1 cm³/mol. The fraction of sp³-hybridized carbons (Fsp3) is 0.133. The van der Waals surface area contributed by atoms with Crippen molar-refractivity contribution in [2.45, 2.75) is 22.4 Å². The summed E-state index contributed by atoms with van der Waals surface area (Å²) < 4.78 is 63.8. The third-order valence-electron chi connectivity index (χ3n) is 3.64. The number of anilines is 2. The van der Waals surface area contributed by atoms with Crippen LogP contribution >= 0.6 is 0 Å². The molecule has 0 aliphatic carbocycles. The number of halogens is 3. The molecule has 5 nitrogen and oxygen atoms in total. The smallest absolute Gasteiger partial charge is 0.398 e. The standard InChI is InChI=1S/C15H11F3N2O3S/c16-15(17,18)9-1-3-11(19)13(7-9)24(22,23)10-2-4-12-8(5-10)6-14(21)20-12/h1-5,7H,6,19H2,(H,20,21). The minimum atomic E-state index is -4.69. The Balaban J connectivity index is 2.12. The minimum absolute atomic E-state index is 0.0107. The van der Waals surface area contributed by atoms with Crippen LogP contribution in [-0.2, 0) is 27.2 Å². The number of benzene rings is 2. The fourth-order valence-electron chi connectivity index (χ4n) is 2.44. The summed E-state index contributed by atoms with van der Waals surface area (Å²) in [5.41, 5.74) is 5.14. The topological polar surface area (TPSA) is 89.3 Å². The van der Waals surface area contributed by atoms with Crippen LogP contribution in [-0.4, -0.2) is 14.3 Å². The van der Waals surface area contributed by atoms with E-state index in [0.717, 1.165) is 12.1 Å². The van der Waals surface area contributed by atoms with E-state index in [1.165, 1.54) is 18.2 Å². The van der Waals surface area contributed by atoms with Gasteiger partial charge in [-0.2, -0.15) is 13.2 Å². The van der Waals surface area contributed by atoms with E-state index < -0.39 is 26.5 Å². The number of fused-ring (bicyclic) bond motifs is 1. The lowest BCUT2D eigenvalue weighted by atomic mass is 10.2. The van der Waals surface area contributed by atoms with Gasteiger partial charge < -0.3 is 11.1 Å². The molecule has 2 aromatic carbocycles. The Hall–Kier alpha value is -2.55. The van der Waals surface area contributed by atoms with Crippen LogP contribution in [0.1, 0.15) is 11.1 Å². The number of nitrogens with two attached hydrogens (primary N) is 1. The van der Waals surface area contributed by atoms with Crippen molar-refractivity contribution in [3.05, 3.63) is 47.5 Å². The molecule has 1 heterocycles. The molecule has 3 N–H and O–H groups in total. The Morgan fingerprint density at radius 1 is 1.08 bits per heavy atom. The van der Waals surface area contributed by atoms with Crippen molar-refractivity contribution < 1.29 is 26.4 Å². The maximum absolute atomic E-state index is 12.8. The van der Waals surface area contributed by atoms with Gasteiger partial charge in [-0.3, -0.25) is 4.79 Å². The van der Waals surface area contributed by atoms with Gasteiger partial charge in [0.05, 0.1) is 27.5 Å². The third-order valence-corrected chi connectivity index (χ3v) is 5.45. The van der Waals surface area contributed by atoms with Crippen molar-refractivity contribution in [3.8, 4) is 0 Å². The highest BCUT2D eigenvalue weighted by Crippen LogP contribution is 2.35. The first-order valence-electron chi connectivity index (χ1n) is 6.73. The van der Waals surface area contributed by atoms with Crippen molar-refractivity contribution in [2.24, 2.45) is 0 Å². The van der Waals surface area contributed by atoms with Crippen LogP contribution < -0.4 is 11.1 Å². The zero-order chi connectivity index (χ0) is 17.7. The van der Waals surface area contributed by atoms with E-state index in [9.17, 15) is 26.4 Å². The average molecular weight is 356 g/mol. The lowest BCUT2D eigenvalue weighted by Gasteiger charge is -2.12. The summed E-state index contributed by atoms with van der Waals surface area (Å²) in [4.78, 5) is 10.5. The van der Waals surface area contributed by atoms with E-state index in [1.807, 2.05) is 0 Å². The molecule has 9 heteroatoms. The summed E-state index contributed by atoms with van der Waals surface area (Å²) in [5.74, 6) is -0.280. The molecule has 0 spiro atoms. The second-order valence-electron chi connectivity index (χ2n) is 5.30. The van der Waals surface area contributed by atoms with Gasteiger partial charge in [-0.1, -0.05) is 0 Å². The van der Waals surface area contributed by atoms with E-state index in [4.69, 9.17) is 5.73 Å². The molecule has 0 radical (unpaired) electrons. The maximum atomic E-state index is 12.8. The first kappa shape index (κ1) is 16.3. The van der Waals surface area contributed by atoms with Gasteiger partial charge in [0.25, 0.3) is 0 Å². The van der Waals surface area contributed by atoms with Crippen LogP contribution in [0.25, 0.3) is 0 Å². The van der Waals surface area contributed by atoms with Gasteiger partial charge in [0.1, 0.15) is 0 Å². The summed E-state index contributed by atoms with van der Waals surface area (Å²) in [6, 6.07) is 6.04. The number of carbonyl (C=O) groups is 1. The van der Waals surface area contributed by atoms with Gasteiger partial charge in [-0.25, -0.2) is 8.42 Å². The number of hydrogen-bond donors (Lipinski definition) is 2. The molecule has 1 amide bonds. The molecule has 0 aromatic heterocycles. The van der Waals surface area contributed by atoms with Crippen molar-refractivity contribution in [1.82, 2.24) is 0 Å². The molecular formula is C15H11F3N2O3S. The van der Waals surface area contributed by atoms with Crippen molar-refractivity contribution in [3.63, 3.8) is 0 Å². The van der Waals surface area contributed by atoms with E-state index in [2.05, 4.69) is 5.32 Å². The van der Waals surface area contributed by atoms with Crippen molar-refractivity contribution in [2.75, 3.05) is 11.1 Å². The van der Waals surface area contributed by atoms with Crippen LogP contribution in [0.5, 0.6) is 0 Å². The van der Waals surface area contributed by atoms with Crippen molar-refractivity contribution in [1.29, 1.82) is 0 Å². The van der Waals surface area contributed by atoms with Crippen LogP contribution in [0.3, 0.4) is 0 Å². The van der Waals surface area contributed by atoms with E-state index in [1.54, 1.807) is 0 Å². The second kappa shape index (κ2) is 5.23. The molecular weight excluding hydrogens is 345 g/mol. The van der Waals surface area contributed by atoms with Gasteiger partial charge in [-0.05, 0) is 42.0 Å². The highest BCUT2D eigenvalue weighted by Gasteiger charge is 2.33. The SMILES string of the molecule is Nc1ccc(C(F)(F)F)cc1S(=O)(=O)c1ccc2c(c1)CC(=O)N2. The zero-order valence-corrected chi connectivity index (χ0v) is 12.8. The summed E-state index contributed by atoms with van der Waals surface area (Å²) in [6.45, 7) is 0. The molecule has 0 bridgehead atoms. The van der Waals surface area contributed by atoms with Crippen LogP contribution in [0.15, 0.2) is 46.2 Å². The molecule has 126 valence electrons. The quantitative estimate of drug-likeness (QED) is 0.810. The van der Waals surface area contributed by atoms with E-state index in [0.29, 0.717) is 17.3 Å². The first-order valence-corrected chi connectivity index (χ1v) is 8.22. The van der Waals surface area contributed by atoms with Crippen LogP contribution in [0, 0.1) is 0 Å². The van der Waals surface area contributed by atoms with E-state index >= 15 is 0 Å². The number of carbonyl (C=O) groups excluding carboxylic acids is 1. The average Bonchev–Trinajstić information content (AvgIpc) is 2.85. The van der Waals surface area contributed by atoms with Gasteiger partial charge in [0, 0.05) is 5.69 Å². The molecule has 1 aliphatic rings. The monoisotopic (exact) mass is 356 g/mol. The van der Waals surface area contributed by atoms with Gasteiger partial charge in [0.2, 0.25) is 15.7 Å². The molecule has 1 aliphatic heterocycles. The summed E-state index contributed by atoms with van der Waals surface area (Å²) in [5, 5.41) is 2.55. The Bertz CT molecular complexity index is 953. The van der Waals surface area contributed by atoms with Gasteiger partial charge in [-0.15, -0.1) is 0 Å². The summed E-state index contributed by atoms with van der Waals surface area (Å²) in [6.07, 6.45) is -4.68. The first-order chi connectivity index (χ1) is 11.1. The molecule has 24 heavy (non-hydrogen) atoms. The van der Waals surface area contributed by atoms with Crippen LogP contribution in [0.2, 0.25) is 0 Å². The summed E-state index contributed by atoms with van der Waals surface area (Å²) in [7, 11) is -4.26. The second-order valence-corrected chi connectivity index (χ2v) is 7.22. The highest BCUT2D eigenvalue weighted by molar-refractivity contribution is 7.91. The molecule has 0 unspecified atom stereocenters. The lowest BCUT2D eigenvalue weighted by molar-refractivity contribution is -0.137. The molecule has 2 aromatic rings. The Morgan fingerprint density at radius 3 is 2.46 bits per heavy atom. The normalized spacial score (nSPS) is 14.4. The summed E-state index contributed by atoms with van der Waals surface area (Å²) >= 11 is 0.